The number of amides is 2. The fourth-order valence-corrected chi connectivity index (χ4v) is 3.71. The molecule has 1 N–H and O–H groups in total. The third-order valence-corrected chi connectivity index (χ3v) is 5.30. The topological polar surface area (TPSA) is 49.4 Å². The van der Waals surface area contributed by atoms with Crippen LogP contribution in [0.5, 0.6) is 0 Å². The molecule has 0 radical (unpaired) electrons. The fourth-order valence-electron chi connectivity index (χ4n) is 3.71. The van der Waals surface area contributed by atoms with Gasteiger partial charge in [0, 0.05) is 29.9 Å². The van der Waals surface area contributed by atoms with E-state index in [1.807, 2.05) is 41.3 Å². The van der Waals surface area contributed by atoms with Gasteiger partial charge in [0.15, 0.2) is 0 Å². The number of aryl methyl sites for hydroxylation is 1. The highest BCUT2D eigenvalue weighted by Gasteiger charge is 2.25. The largest absolute Gasteiger partial charge is 0.352 e. The minimum absolute atomic E-state index is 0.0234. The Kier molecular flexibility index (Phi) is 5.71. The van der Waals surface area contributed by atoms with Crippen molar-refractivity contribution in [2.24, 2.45) is 0 Å². The lowest BCUT2D eigenvalue weighted by atomic mass is 10.1. The van der Waals surface area contributed by atoms with Gasteiger partial charge in [-0.05, 0) is 60.7 Å². The minimum Gasteiger partial charge on any atom is -0.352 e. The summed E-state index contributed by atoms with van der Waals surface area (Å²) >= 11 is 0. The summed E-state index contributed by atoms with van der Waals surface area (Å²) in [6.45, 7) is 1.32. The Balaban J connectivity index is 1.32. The molecule has 0 saturated heterocycles. The Morgan fingerprint density at radius 2 is 1.52 bits per heavy atom. The van der Waals surface area contributed by atoms with Crippen LogP contribution < -0.4 is 10.2 Å². The molecule has 0 aromatic heterocycles. The molecular formula is C25H24N2O2. The molecule has 0 bridgehead atoms. The van der Waals surface area contributed by atoms with Crippen molar-refractivity contribution < 1.29 is 9.59 Å². The van der Waals surface area contributed by atoms with Gasteiger partial charge in [0.05, 0.1) is 0 Å². The van der Waals surface area contributed by atoms with E-state index in [0.29, 0.717) is 24.2 Å². The number of fused-ring (bicyclic) bond motifs is 1. The number of rotatable bonds is 6. The van der Waals surface area contributed by atoms with Gasteiger partial charge in [0.1, 0.15) is 0 Å². The number of hydrogen-bond acceptors (Lipinski definition) is 2. The third kappa shape index (κ3) is 4.37. The second kappa shape index (κ2) is 8.74. The van der Waals surface area contributed by atoms with Crippen molar-refractivity contribution in [3.63, 3.8) is 0 Å². The lowest BCUT2D eigenvalue weighted by molar-refractivity contribution is 0.0950. The number of nitrogens with zero attached hydrogens (tertiary/aromatic N) is 1. The zero-order valence-electron chi connectivity index (χ0n) is 16.3. The van der Waals surface area contributed by atoms with Gasteiger partial charge in [0.25, 0.3) is 11.8 Å². The van der Waals surface area contributed by atoms with Crippen molar-refractivity contribution >= 4 is 17.5 Å². The van der Waals surface area contributed by atoms with E-state index in [0.717, 1.165) is 24.9 Å². The minimum atomic E-state index is -0.108. The zero-order chi connectivity index (χ0) is 20.1. The van der Waals surface area contributed by atoms with Crippen LogP contribution in [0.2, 0.25) is 0 Å². The van der Waals surface area contributed by atoms with Gasteiger partial charge >= 0.3 is 0 Å². The van der Waals surface area contributed by atoms with Crippen LogP contribution in [-0.4, -0.2) is 24.9 Å². The van der Waals surface area contributed by atoms with Gasteiger partial charge < -0.3 is 10.2 Å². The first-order valence-electron chi connectivity index (χ1n) is 10.0. The van der Waals surface area contributed by atoms with Crippen molar-refractivity contribution in [2.75, 3.05) is 18.0 Å². The first-order valence-corrected chi connectivity index (χ1v) is 10.0. The molecule has 146 valence electrons. The molecule has 3 aromatic rings. The summed E-state index contributed by atoms with van der Waals surface area (Å²) in [6, 6.07) is 25.2. The lowest BCUT2D eigenvalue weighted by Crippen LogP contribution is -2.29. The summed E-state index contributed by atoms with van der Waals surface area (Å²) in [4.78, 5) is 27.0. The second-order valence-corrected chi connectivity index (χ2v) is 7.26. The monoisotopic (exact) mass is 384 g/mol. The maximum atomic E-state index is 12.9. The maximum Gasteiger partial charge on any atom is 0.258 e. The molecule has 1 aliphatic heterocycles. The highest BCUT2D eigenvalue weighted by atomic mass is 16.2. The average molecular weight is 384 g/mol. The second-order valence-electron chi connectivity index (χ2n) is 7.26. The zero-order valence-corrected chi connectivity index (χ0v) is 16.3. The van der Waals surface area contributed by atoms with Gasteiger partial charge in [-0.3, -0.25) is 9.59 Å². The first kappa shape index (κ1) is 18.9. The molecule has 4 heteroatoms. The number of nitrogens with one attached hydrogen (secondary N) is 1. The van der Waals surface area contributed by atoms with Crippen molar-refractivity contribution in [3.05, 3.63) is 101 Å². The molecule has 0 saturated carbocycles. The van der Waals surface area contributed by atoms with Gasteiger partial charge in [-0.1, -0.05) is 48.5 Å². The molecule has 3 aromatic carbocycles. The summed E-state index contributed by atoms with van der Waals surface area (Å²) in [5, 5.41) is 2.95. The fraction of sp³-hybridized carbons (Fsp3) is 0.200. The number of benzene rings is 3. The molecule has 0 atom stereocenters. The van der Waals surface area contributed by atoms with Crippen molar-refractivity contribution in [2.45, 2.75) is 19.3 Å². The van der Waals surface area contributed by atoms with E-state index in [1.165, 1.54) is 11.1 Å². The Morgan fingerprint density at radius 3 is 2.31 bits per heavy atom. The Morgan fingerprint density at radius 1 is 0.828 bits per heavy atom. The van der Waals surface area contributed by atoms with E-state index < -0.39 is 0 Å². The standard InChI is InChI=1S/C25H24N2O2/c28-24(26-17-6-9-19-7-2-1-3-8-19)21-12-14-22(15-13-21)25(29)27-18-16-20-10-4-5-11-23(20)27/h1-5,7-8,10-15H,6,9,16-18H2,(H,26,28). The van der Waals surface area contributed by atoms with Gasteiger partial charge in [0.2, 0.25) is 0 Å². The maximum absolute atomic E-state index is 12.9. The van der Waals surface area contributed by atoms with Gasteiger partial charge in [-0.25, -0.2) is 0 Å². The molecule has 0 fully saturated rings. The molecular weight excluding hydrogens is 360 g/mol. The van der Waals surface area contributed by atoms with Crippen molar-refractivity contribution in [1.82, 2.24) is 5.32 Å². The third-order valence-electron chi connectivity index (χ3n) is 5.30. The van der Waals surface area contributed by atoms with E-state index >= 15 is 0 Å². The van der Waals surface area contributed by atoms with Crippen molar-refractivity contribution in [3.8, 4) is 0 Å². The van der Waals surface area contributed by atoms with E-state index in [9.17, 15) is 9.59 Å². The normalized spacial score (nSPS) is 12.5. The summed E-state index contributed by atoms with van der Waals surface area (Å²) in [5.74, 6) is -0.131. The van der Waals surface area contributed by atoms with Crippen LogP contribution in [0.15, 0.2) is 78.9 Å². The van der Waals surface area contributed by atoms with Crippen molar-refractivity contribution in [1.29, 1.82) is 0 Å². The van der Waals surface area contributed by atoms with Crippen LogP contribution in [0.3, 0.4) is 0 Å². The summed E-state index contributed by atoms with van der Waals surface area (Å²) in [7, 11) is 0. The average Bonchev–Trinajstić information content (AvgIpc) is 3.21. The quantitative estimate of drug-likeness (QED) is 0.646. The summed E-state index contributed by atoms with van der Waals surface area (Å²) in [5.41, 5.74) is 4.63. The number of hydrogen-bond donors (Lipinski definition) is 1. The van der Waals surface area contributed by atoms with E-state index in [-0.39, 0.29) is 11.8 Å². The van der Waals surface area contributed by atoms with E-state index in [1.54, 1.807) is 24.3 Å². The van der Waals surface area contributed by atoms with Gasteiger partial charge in [-0.2, -0.15) is 0 Å². The lowest BCUT2D eigenvalue weighted by Gasteiger charge is -2.17. The highest BCUT2D eigenvalue weighted by Crippen LogP contribution is 2.28. The number of carbonyl (C=O) groups excluding carboxylic acids is 2. The Labute approximate surface area is 171 Å². The van der Waals surface area contributed by atoms with Crippen LogP contribution >= 0.6 is 0 Å². The molecule has 4 rings (SSSR count). The predicted octanol–water partition coefficient (Wildman–Crippen LogP) is 4.25. The number of carbonyl (C=O) groups is 2. The van der Waals surface area contributed by atoms with E-state index in [4.69, 9.17) is 0 Å². The molecule has 29 heavy (non-hydrogen) atoms. The molecule has 0 unspecified atom stereocenters. The molecule has 1 heterocycles. The predicted molar refractivity (Wildman–Crippen MR) is 115 cm³/mol. The van der Waals surface area contributed by atoms with Crippen LogP contribution in [0.1, 0.15) is 38.3 Å². The number of para-hydroxylation sites is 1. The molecule has 2 amide bonds. The van der Waals surface area contributed by atoms with Crippen LogP contribution in [0, 0.1) is 0 Å². The highest BCUT2D eigenvalue weighted by molar-refractivity contribution is 6.07. The molecule has 1 aliphatic rings. The summed E-state index contributed by atoms with van der Waals surface area (Å²) in [6.07, 6.45) is 2.71. The smallest absolute Gasteiger partial charge is 0.258 e. The summed E-state index contributed by atoms with van der Waals surface area (Å²) < 4.78 is 0. The van der Waals surface area contributed by atoms with Crippen LogP contribution in [-0.2, 0) is 12.8 Å². The molecule has 0 aliphatic carbocycles. The Bertz CT molecular complexity index is 997. The van der Waals surface area contributed by atoms with Crippen LogP contribution in [0.4, 0.5) is 5.69 Å². The molecule has 4 nitrogen and oxygen atoms in total. The van der Waals surface area contributed by atoms with Gasteiger partial charge in [-0.15, -0.1) is 0 Å². The number of anilines is 1. The Hall–Kier alpha value is -3.40. The molecule has 0 spiro atoms. The SMILES string of the molecule is O=C(NCCCc1ccccc1)c1ccc(C(=O)N2CCc3ccccc32)cc1. The van der Waals surface area contributed by atoms with Crippen LogP contribution in [0.25, 0.3) is 0 Å². The first-order chi connectivity index (χ1) is 14.2. The van der Waals surface area contributed by atoms with E-state index in [2.05, 4.69) is 23.5 Å².